The van der Waals surface area contributed by atoms with E-state index in [0.717, 1.165) is 5.69 Å². The molecule has 72 valence electrons. The van der Waals surface area contributed by atoms with Gasteiger partial charge in [-0.3, -0.25) is 0 Å². The number of hydrogen-bond donors (Lipinski definition) is 2. The summed E-state index contributed by atoms with van der Waals surface area (Å²) >= 11 is 7.36. The lowest BCUT2D eigenvalue weighted by atomic mass is 10.4. The Labute approximate surface area is 90.5 Å². The van der Waals surface area contributed by atoms with Crippen molar-refractivity contribution in [1.29, 1.82) is 0 Å². The number of hydrogen-bond acceptors (Lipinski definition) is 4. The Morgan fingerprint density at radius 3 is 2.93 bits per heavy atom. The van der Waals surface area contributed by atoms with Crippen LogP contribution in [0, 0.1) is 0 Å². The van der Waals surface area contributed by atoms with Crippen LogP contribution in [0.1, 0.15) is 0 Å². The average Bonchev–Trinajstić information content (AvgIpc) is 2.64. The number of thiophene rings is 1. The van der Waals surface area contributed by atoms with Crippen LogP contribution in [0.3, 0.4) is 0 Å². The van der Waals surface area contributed by atoms with Gasteiger partial charge in [0.15, 0.2) is 5.82 Å². The van der Waals surface area contributed by atoms with Crippen LogP contribution in [0.4, 0.5) is 17.2 Å². The van der Waals surface area contributed by atoms with Crippen LogP contribution in [0.25, 0.3) is 0 Å². The van der Waals surface area contributed by atoms with Crippen molar-refractivity contribution < 1.29 is 0 Å². The molecule has 2 aromatic heterocycles. The predicted octanol–water partition coefficient (Wildman–Crippen LogP) is 3.12. The molecule has 0 aliphatic carbocycles. The summed E-state index contributed by atoms with van der Waals surface area (Å²) in [5, 5.41) is 7.46. The highest BCUT2D eigenvalue weighted by Crippen LogP contribution is 2.23. The fourth-order valence-corrected chi connectivity index (χ4v) is 1.75. The van der Waals surface area contributed by atoms with Gasteiger partial charge in [-0.15, -0.1) is 0 Å². The summed E-state index contributed by atoms with van der Waals surface area (Å²) in [4.78, 5) is 4.08. The van der Waals surface area contributed by atoms with Crippen LogP contribution in [0.2, 0.25) is 5.15 Å². The highest BCUT2D eigenvalue weighted by atomic mass is 35.5. The first-order chi connectivity index (χ1) is 6.75. The van der Waals surface area contributed by atoms with Gasteiger partial charge < -0.3 is 11.1 Å². The molecular weight excluding hydrogens is 218 g/mol. The van der Waals surface area contributed by atoms with Gasteiger partial charge in [-0.1, -0.05) is 11.6 Å². The monoisotopic (exact) mass is 225 g/mol. The zero-order valence-electron chi connectivity index (χ0n) is 7.20. The van der Waals surface area contributed by atoms with Gasteiger partial charge in [0, 0.05) is 5.38 Å². The molecule has 2 rings (SSSR count). The molecule has 2 heterocycles. The van der Waals surface area contributed by atoms with Crippen molar-refractivity contribution in [3.8, 4) is 0 Å². The average molecular weight is 226 g/mol. The zero-order chi connectivity index (χ0) is 9.97. The van der Waals surface area contributed by atoms with Crippen LogP contribution in [-0.4, -0.2) is 4.98 Å². The second-order valence-corrected chi connectivity index (χ2v) is 3.88. The molecule has 3 N–H and O–H groups in total. The maximum atomic E-state index is 5.75. The summed E-state index contributed by atoms with van der Waals surface area (Å²) in [7, 11) is 0. The summed E-state index contributed by atoms with van der Waals surface area (Å²) in [5.74, 6) is 0.593. The van der Waals surface area contributed by atoms with Gasteiger partial charge in [-0.05, 0) is 23.6 Å². The quantitative estimate of drug-likeness (QED) is 0.773. The van der Waals surface area contributed by atoms with E-state index in [1.165, 1.54) is 0 Å². The van der Waals surface area contributed by atoms with Crippen molar-refractivity contribution in [1.82, 2.24) is 4.98 Å². The first kappa shape index (κ1) is 9.30. The SMILES string of the molecule is Nc1ccc(Cl)nc1Nc1ccsc1. The summed E-state index contributed by atoms with van der Waals surface area (Å²) < 4.78 is 0. The third-order valence-electron chi connectivity index (χ3n) is 1.68. The smallest absolute Gasteiger partial charge is 0.155 e. The number of anilines is 3. The molecule has 0 spiro atoms. The summed E-state index contributed by atoms with van der Waals surface area (Å²) in [6.07, 6.45) is 0. The fraction of sp³-hybridized carbons (Fsp3) is 0. The van der Waals surface area contributed by atoms with Crippen molar-refractivity contribution in [3.05, 3.63) is 34.1 Å². The molecule has 0 unspecified atom stereocenters. The van der Waals surface area contributed by atoms with Gasteiger partial charge in [-0.2, -0.15) is 11.3 Å². The molecule has 5 heteroatoms. The maximum absolute atomic E-state index is 5.75. The van der Waals surface area contributed by atoms with E-state index in [-0.39, 0.29) is 0 Å². The molecule has 3 nitrogen and oxygen atoms in total. The highest BCUT2D eigenvalue weighted by Gasteiger charge is 2.02. The summed E-state index contributed by atoms with van der Waals surface area (Å²) in [6, 6.07) is 5.34. The maximum Gasteiger partial charge on any atom is 0.155 e. The van der Waals surface area contributed by atoms with Crippen LogP contribution >= 0.6 is 22.9 Å². The van der Waals surface area contributed by atoms with Gasteiger partial charge in [0.2, 0.25) is 0 Å². The van der Waals surface area contributed by atoms with Gasteiger partial charge in [-0.25, -0.2) is 4.98 Å². The van der Waals surface area contributed by atoms with E-state index in [1.54, 1.807) is 23.5 Å². The third-order valence-corrected chi connectivity index (χ3v) is 2.57. The van der Waals surface area contributed by atoms with E-state index in [0.29, 0.717) is 16.7 Å². The molecule has 0 aliphatic rings. The van der Waals surface area contributed by atoms with Crippen molar-refractivity contribution in [2.75, 3.05) is 11.1 Å². The molecule has 0 fully saturated rings. The Hall–Kier alpha value is -1.26. The van der Waals surface area contributed by atoms with E-state index >= 15 is 0 Å². The van der Waals surface area contributed by atoms with E-state index in [4.69, 9.17) is 17.3 Å². The molecule has 0 bridgehead atoms. The lowest BCUT2D eigenvalue weighted by molar-refractivity contribution is 1.31. The molecular formula is C9H8ClN3S. The molecule has 0 saturated heterocycles. The summed E-state index contributed by atoms with van der Waals surface area (Å²) in [5.41, 5.74) is 7.28. The minimum atomic E-state index is 0.428. The molecule has 2 aromatic rings. The van der Waals surface area contributed by atoms with Crippen LogP contribution in [-0.2, 0) is 0 Å². The number of nitrogen functional groups attached to an aromatic ring is 1. The zero-order valence-corrected chi connectivity index (χ0v) is 8.77. The first-order valence-corrected chi connectivity index (χ1v) is 5.29. The lowest BCUT2D eigenvalue weighted by Gasteiger charge is -2.05. The normalized spacial score (nSPS) is 10.1. The number of aromatic nitrogens is 1. The third kappa shape index (κ3) is 1.97. The standard InChI is InChI=1S/C9H8ClN3S/c10-8-2-1-7(11)9(13-8)12-6-3-4-14-5-6/h1-5H,11H2,(H,12,13). The largest absolute Gasteiger partial charge is 0.396 e. The number of rotatable bonds is 2. The van der Waals surface area contributed by atoms with E-state index < -0.39 is 0 Å². The second kappa shape index (κ2) is 3.86. The van der Waals surface area contributed by atoms with Gasteiger partial charge in [0.1, 0.15) is 5.15 Å². The first-order valence-electron chi connectivity index (χ1n) is 3.97. The Morgan fingerprint density at radius 2 is 2.21 bits per heavy atom. The highest BCUT2D eigenvalue weighted by molar-refractivity contribution is 7.08. The molecule has 0 aromatic carbocycles. The fourth-order valence-electron chi connectivity index (χ4n) is 1.02. The topological polar surface area (TPSA) is 50.9 Å². The van der Waals surface area contributed by atoms with E-state index in [9.17, 15) is 0 Å². The number of halogens is 1. The van der Waals surface area contributed by atoms with Gasteiger partial charge >= 0.3 is 0 Å². The van der Waals surface area contributed by atoms with Crippen LogP contribution < -0.4 is 11.1 Å². The van der Waals surface area contributed by atoms with Crippen molar-refractivity contribution in [2.45, 2.75) is 0 Å². The number of nitrogens with one attached hydrogen (secondary N) is 1. The second-order valence-electron chi connectivity index (χ2n) is 2.71. The Balaban J connectivity index is 2.28. The Bertz CT molecular complexity index is 428. The minimum Gasteiger partial charge on any atom is -0.396 e. The molecule has 14 heavy (non-hydrogen) atoms. The number of nitrogens with two attached hydrogens (primary N) is 1. The van der Waals surface area contributed by atoms with Crippen molar-refractivity contribution >= 4 is 40.1 Å². The van der Waals surface area contributed by atoms with E-state index in [1.807, 2.05) is 16.8 Å². The molecule has 0 saturated carbocycles. The molecule has 0 radical (unpaired) electrons. The Kier molecular flexibility index (Phi) is 2.56. The Morgan fingerprint density at radius 1 is 1.36 bits per heavy atom. The predicted molar refractivity (Wildman–Crippen MR) is 61.3 cm³/mol. The van der Waals surface area contributed by atoms with Crippen molar-refractivity contribution in [2.24, 2.45) is 0 Å². The van der Waals surface area contributed by atoms with Gasteiger partial charge in [0.25, 0.3) is 0 Å². The van der Waals surface area contributed by atoms with Crippen molar-refractivity contribution in [3.63, 3.8) is 0 Å². The molecule has 0 aliphatic heterocycles. The van der Waals surface area contributed by atoms with Crippen LogP contribution in [0.5, 0.6) is 0 Å². The van der Waals surface area contributed by atoms with Gasteiger partial charge in [0.05, 0.1) is 11.4 Å². The number of nitrogens with zero attached hydrogens (tertiary/aromatic N) is 1. The lowest BCUT2D eigenvalue weighted by Crippen LogP contribution is -1.98. The molecule has 0 amide bonds. The van der Waals surface area contributed by atoms with E-state index in [2.05, 4.69) is 10.3 Å². The molecule has 0 atom stereocenters. The number of pyridine rings is 1. The van der Waals surface area contributed by atoms with Crippen LogP contribution in [0.15, 0.2) is 29.0 Å². The summed E-state index contributed by atoms with van der Waals surface area (Å²) in [6.45, 7) is 0. The minimum absolute atomic E-state index is 0.428.